The van der Waals surface area contributed by atoms with Gasteiger partial charge in [0.05, 0.1) is 18.8 Å². The van der Waals surface area contributed by atoms with Gasteiger partial charge < -0.3 is 10.5 Å². The van der Waals surface area contributed by atoms with Crippen molar-refractivity contribution in [2.75, 3.05) is 32.8 Å². The number of fused-ring (bicyclic) bond motifs is 1. The lowest BCUT2D eigenvalue weighted by Crippen LogP contribution is -2.59. The van der Waals surface area contributed by atoms with E-state index in [2.05, 4.69) is 34.7 Å². The second kappa shape index (κ2) is 5.59. The Labute approximate surface area is 114 Å². The third kappa shape index (κ3) is 2.54. The monoisotopic (exact) mass is 261 g/mol. The van der Waals surface area contributed by atoms with Crippen molar-refractivity contribution in [1.82, 2.24) is 10.4 Å². The van der Waals surface area contributed by atoms with Crippen molar-refractivity contribution in [1.29, 1.82) is 0 Å². The average Bonchev–Trinajstić information content (AvgIpc) is 2.49. The molecule has 4 heteroatoms. The first-order chi connectivity index (χ1) is 9.34. The Morgan fingerprint density at radius 1 is 1.26 bits per heavy atom. The highest BCUT2D eigenvalue weighted by Gasteiger charge is 2.36. The fourth-order valence-corrected chi connectivity index (χ4v) is 3.27. The highest BCUT2D eigenvalue weighted by atomic mass is 16.5. The molecule has 1 fully saturated rings. The third-order valence-electron chi connectivity index (χ3n) is 4.31. The minimum absolute atomic E-state index is 0.0911. The van der Waals surface area contributed by atoms with Gasteiger partial charge in [0.1, 0.15) is 0 Å². The lowest BCUT2D eigenvalue weighted by Gasteiger charge is -2.43. The summed E-state index contributed by atoms with van der Waals surface area (Å²) in [6.07, 6.45) is 3.48. The molecule has 1 atom stereocenters. The highest BCUT2D eigenvalue weighted by Crippen LogP contribution is 2.34. The van der Waals surface area contributed by atoms with Gasteiger partial charge in [0.15, 0.2) is 0 Å². The topological polar surface area (TPSA) is 50.5 Å². The molecule has 1 aliphatic carbocycles. The van der Waals surface area contributed by atoms with Crippen LogP contribution in [-0.2, 0) is 16.7 Å². The molecule has 0 aromatic heterocycles. The number of aryl methyl sites for hydroxylation is 1. The number of hydrogen-bond acceptors (Lipinski definition) is 4. The number of hydrogen-bond donors (Lipinski definition) is 2. The summed E-state index contributed by atoms with van der Waals surface area (Å²) in [6.45, 7) is 4.11. The number of rotatable bonds is 3. The predicted molar refractivity (Wildman–Crippen MR) is 75.6 cm³/mol. The van der Waals surface area contributed by atoms with Crippen LogP contribution in [0.25, 0.3) is 0 Å². The van der Waals surface area contributed by atoms with Crippen molar-refractivity contribution in [2.24, 2.45) is 5.73 Å². The van der Waals surface area contributed by atoms with Gasteiger partial charge in [0.25, 0.3) is 0 Å². The van der Waals surface area contributed by atoms with Crippen molar-refractivity contribution in [3.63, 3.8) is 0 Å². The Kier molecular flexibility index (Phi) is 3.84. The Hall–Kier alpha value is -0.940. The second-order valence-corrected chi connectivity index (χ2v) is 5.51. The second-order valence-electron chi connectivity index (χ2n) is 5.51. The van der Waals surface area contributed by atoms with Gasteiger partial charge in [-0.15, -0.1) is 0 Å². The van der Waals surface area contributed by atoms with Crippen LogP contribution in [0.4, 0.5) is 0 Å². The fourth-order valence-electron chi connectivity index (χ4n) is 3.27. The van der Waals surface area contributed by atoms with Gasteiger partial charge in [-0.3, -0.25) is 0 Å². The first-order valence-corrected chi connectivity index (χ1v) is 7.23. The van der Waals surface area contributed by atoms with E-state index >= 15 is 0 Å². The molecule has 3 N–H and O–H groups in total. The normalized spacial score (nSPS) is 28.1. The SMILES string of the molecule is NCC1(NN2CCOCC2)CCCc2ccccc21. The third-order valence-corrected chi connectivity index (χ3v) is 4.31. The Bertz CT molecular complexity index is 431. The molecule has 1 aromatic carbocycles. The summed E-state index contributed by atoms with van der Waals surface area (Å²) in [5.74, 6) is 0. The average molecular weight is 261 g/mol. The summed E-state index contributed by atoms with van der Waals surface area (Å²) in [5.41, 5.74) is 12.6. The molecule has 104 valence electrons. The van der Waals surface area contributed by atoms with Gasteiger partial charge in [-0.05, 0) is 30.4 Å². The first-order valence-electron chi connectivity index (χ1n) is 7.23. The minimum atomic E-state index is -0.0911. The van der Waals surface area contributed by atoms with E-state index in [0.717, 1.165) is 32.7 Å². The molecule has 3 rings (SSSR count). The van der Waals surface area contributed by atoms with Gasteiger partial charge in [-0.25, -0.2) is 10.4 Å². The number of ether oxygens (including phenoxy) is 1. The fraction of sp³-hybridized carbons (Fsp3) is 0.600. The number of nitrogens with one attached hydrogen (secondary N) is 1. The van der Waals surface area contributed by atoms with Crippen LogP contribution in [0.3, 0.4) is 0 Å². The van der Waals surface area contributed by atoms with Gasteiger partial charge in [0, 0.05) is 19.6 Å². The summed E-state index contributed by atoms with van der Waals surface area (Å²) in [5, 5.41) is 2.28. The van der Waals surface area contributed by atoms with E-state index < -0.39 is 0 Å². The number of nitrogens with zero attached hydrogens (tertiary/aromatic N) is 1. The molecular weight excluding hydrogens is 238 g/mol. The summed E-state index contributed by atoms with van der Waals surface area (Å²) in [6, 6.07) is 8.71. The maximum Gasteiger partial charge on any atom is 0.0699 e. The van der Waals surface area contributed by atoms with Crippen molar-refractivity contribution in [2.45, 2.75) is 24.8 Å². The summed E-state index contributed by atoms with van der Waals surface area (Å²) >= 11 is 0. The zero-order valence-corrected chi connectivity index (χ0v) is 11.4. The molecule has 0 saturated carbocycles. The van der Waals surface area contributed by atoms with E-state index in [0.29, 0.717) is 6.54 Å². The molecule has 1 aromatic rings. The summed E-state index contributed by atoms with van der Waals surface area (Å²) < 4.78 is 5.41. The van der Waals surface area contributed by atoms with Crippen LogP contribution in [0.2, 0.25) is 0 Å². The quantitative estimate of drug-likeness (QED) is 0.853. The molecule has 1 saturated heterocycles. The van der Waals surface area contributed by atoms with Crippen molar-refractivity contribution in [3.8, 4) is 0 Å². The lowest BCUT2D eigenvalue weighted by molar-refractivity contribution is -0.0159. The highest BCUT2D eigenvalue weighted by molar-refractivity contribution is 5.36. The van der Waals surface area contributed by atoms with Crippen LogP contribution >= 0.6 is 0 Å². The molecule has 0 spiro atoms. The maximum absolute atomic E-state index is 6.15. The van der Waals surface area contributed by atoms with Crippen LogP contribution in [-0.4, -0.2) is 37.9 Å². The van der Waals surface area contributed by atoms with Crippen LogP contribution in [0.15, 0.2) is 24.3 Å². The molecule has 4 nitrogen and oxygen atoms in total. The van der Waals surface area contributed by atoms with Crippen molar-refractivity contribution >= 4 is 0 Å². The minimum Gasteiger partial charge on any atom is -0.379 e. The van der Waals surface area contributed by atoms with Gasteiger partial charge >= 0.3 is 0 Å². The molecule has 1 unspecified atom stereocenters. The van der Waals surface area contributed by atoms with Crippen molar-refractivity contribution < 1.29 is 4.74 Å². The van der Waals surface area contributed by atoms with Gasteiger partial charge in [0.2, 0.25) is 0 Å². The van der Waals surface area contributed by atoms with Crippen LogP contribution in [0.5, 0.6) is 0 Å². The molecular formula is C15H23N3O. The molecule has 0 amide bonds. The standard InChI is InChI=1S/C15H23N3O/c16-12-15(17-18-8-10-19-11-9-18)7-3-5-13-4-1-2-6-14(13)15/h1-2,4,6,17H,3,5,7-12,16H2. The van der Waals surface area contributed by atoms with E-state index in [1.54, 1.807) is 0 Å². The van der Waals surface area contributed by atoms with Crippen molar-refractivity contribution in [3.05, 3.63) is 35.4 Å². The zero-order valence-electron chi connectivity index (χ0n) is 11.4. The Morgan fingerprint density at radius 3 is 2.84 bits per heavy atom. The number of benzene rings is 1. The van der Waals surface area contributed by atoms with E-state index in [-0.39, 0.29) is 5.54 Å². The Morgan fingerprint density at radius 2 is 2.05 bits per heavy atom. The van der Waals surface area contributed by atoms with Crippen LogP contribution in [0.1, 0.15) is 24.0 Å². The molecule has 0 radical (unpaired) electrons. The van der Waals surface area contributed by atoms with E-state index in [1.165, 1.54) is 24.0 Å². The van der Waals surface area contributed by atoms with Gasteiger partial charge in [-0.2, -0.15) is 0 Å². The smallest absolute Gasteiger partial charge is 0.0699 e. The molecule has 19 heavy (non-hydrogen) atoms. The molecule has 1 aliphatic heterocycles. The predicted octanol–water partition coefficient (Wildman–Crippen LogP) is 1.01. The van der Waals surface area contributed by atoms with E-state index in [9.17, 15) is 0 Å². The number of hydrazine groups is 1. The van der Waals surface area contributed by atoms with Gasteiger partial charge in [-0.1, -0.05) is 24.3 Å². The molecule has 0 bridgehead atoms. The number of morpholine rings is 1. The molecule has 2 aliphatic rings. The van der Waals surface area contributed by atoms with E-state index in [4.69, 9.17) is 10.5 Å². The Balaban J connectivity index is 1.86. The van der Waals surface area contributed by atoms with Crippen LogP contribution in [0, 0.1) is 0 Å². The maximum atomic E-state index is 6.15. The first kappa shape index (κ1) is 13.1. The van der Waals surface area contributed by atoms with Crippen LogP contribution < -0.4 is 11.2 Å². The van der Waals surface area contributed by atoms with E-state index in [1.807, 2.05) is 0 Å². The number of nitrogens with two attached hydrogens (primary N) is 1. The largest absolute Gasteiger partial charge is 0.379 e. The lowest BCUT2D eigenvalue weighted by atomic mass is 9.77. The zero-order chi connectivity index (χ0) is 13.1. The molecule has 1 heterocycles. The summed E-state index contributed by atoms with van der Waals surface area (Å²) in [4.78, 5) is 0. The summed E-state index contributed by atoms with van der Waals surface area (Å²) in [7, 11) is 0.